The fourth-order valence-corrected chi connectivity index (χ4v) is 1.45. The van der Waals surface area contributed by atoms with E-state index in [1.165, 1.54) is 0 Å². The molecule has 0 saturated carbocycles. The van der Waals surface area contributed by atoms with Gasteiger partial charge in [0.2, 0.25) is 0 Å². The van der Waals surface area contributed by atoms with Crippen LogP contribution in [-0.4, -0.2) is 16.8 Å². The Morgan fingerprint density at radius 2 is 2.13 bits per heavy atom. The molecule has 0 atom stereocenters. The molecule has 0 aromatic heterocycles. The molecule has 1 rings (SSSR count). The molecule has 80 valence electrons. The summed E-state index contributed by atoms with van der Waals surface area (Å²) in [6.45, 7) is 0. The Hall–Kier alpha value is -1.22. The number of thiol groups is 1. The lowest BCUT2D eigenvalue weighted by Gasteiger charge is -2.02. The van der Waals surface area contributed by atoms with Gasteiger partial charge in [-0.2, -0.15) is 12.6 Å². The van der Waals surface area contributed by atoms with Crippen LogP contribution < -0.4 is 0 Å². The second-order valence-corrected chi connectivity index (χ2v) is 3.63. The molecule has 0 amide bonds. The number of allylic oxidation sites excluding steroid dienone is 1. The van der Waals surface area contributed by atoms with Crippen LogP contribution in [0.1, 0.15) is 17.5 Å². The van der Waals surface area contributed by atoms with Crippen LogP contribution in [0.25, 0.3) is 6.08 Å². The van der Waals surface area contributed by atoms with Crippen LogP contribution in [-0.2, 0) is 11.2 Å². The largest absolute Gasteiger partial charge is 0.481 e. The van der Waals surface area contributed by atoms with E-state index in [0.717, 1.165) is 23.3 Å². The zero-order chi connectivity index (χ0) is 11.1. The first-order valence-electron chi connectivity index (χ1n) is 4.81. The van der Waals surface area contributed by atoms with Crippen LogP contribution in [0, 0.1) is 0 Å². The van der Waals surface area contributed by atoms with Crippen LogP contribution >= 0.6 is 12.6 Å². The predicted octanol–water partition coefficient (Wildman–Crippen LogP) is 2.65. The number of hydrogen-bond donors (Lipinski definition) is 2. The quantitative estimate of drug-likeness (QED) is 0.751. The number of carboxylic acids is 1. The van der Waals surface area contributed by atoms with Gasteiger partial charge in [-0.25, -0.2) is 0 Å². The summed E-state index contributed by atoms with van der Waals surface area (Å²) in [6, 6.07) is 7.53. The van der Waals surface area contributed by atoms with Crippen molar-refractivity contribution in [1.82, 2.24) is 0 Å². The maximum Gasteiger partial charge on any atom is 0.307 e. The molecule has 15 heavy (non-hydrogen) atoms. The highest BCUT2D eigenvalue weighted by atomic mass is 32.1. The molecule has 1 aromatic rings. The summed E-state index contributed by atoms with van der Waals surface area (Å²) in [7, 11) is 0. The highest BCUT2D eigenvalue weighted by molar-refractivity contribution is 7.80. The van der Waals surface area contributed by atoms with E-state index in [1.54, 1.807) is 0 Å². The second kappa shape index (κ2) is 6.30. The van der Waals surface area contributed by atoms with E-state index in [4.69, 9.17) is 5.11 Å². The van der Waals surface area contributed by atoms with Crippen molar-refractivity contribution in [2.45, 2.75) is 12.8 Å². The lowest BCUT2D eigenvalue weighted by atomic mass is 10.0. The molecule has 0 radical (unpaired) electrons. The zero-order valence-corrected chi connectivity index (χ0v) is 9.28. The van der Waals surface area contributed by atoms with Gasteiger partial charge in [0.1, 0.15) is 0 Å². The smallest absolute Gasteiger partial charge is 0.307 e. The number of aliphatic carboxylic acids is 1. The monoisotopic (exact) mass is 222 g/mol. The summed E-state index contributed by atoms with van der Waals surface area (Å²) >= 11 is 4.10. The van der Waals surface area contributed by atoms with Crippen LogP contribution in [0.4, 0.5) is 0 Å². The maximum absolute atomic E-state index is 10.6. The van der Waals surface area contributed by atoms with Crippen molar-refractivity contribution in [2.75, 3.05) is 5.75 Å². The van der Waals surface area contributed by atoms with Crippen LogP contribution in [0.3, 0.4) is 0 Å². The molecule has 0 spiro atoms. The summed E-state index contributed by atoms with van der Waals surface area (Å²) in [5.74, 6) is 0.00229. The van der Waals surface area contributed by atoms with Crippen molar-refractivity contribution < 1.29 is 9.90 Å². The minimum Gasteiger partial charge on any atom is -0.481 e. The van der Waals surface area contributed by atoms with Gasteiger partial charge in [0.05, 0.1) is 6.42 Å². The first-order chi connectivity index (χ1) is 7.24. The maximum atomic E-state index is 10.6. The Labute approximate surface area is 95.0 Å². The SMILES string of the molecule is O=C(O)Cc1ccccc1C=CCCS. The molecule has 0 aliphatic rings. The fraction of sp³-hybridized carbons (Fsp3) is 0.250. The number of carbonyl (C=O) groups is 1. The molecule has 0 unspecified atom stereocenters. The zero-order valence-electron chi connectivity index (χ0n) is 8.39. The van der Waals surface area contributed by atoms with E-state index in [0.29, 0.717) is 0 Å². The van der Waals surface area contributed by atoms with E-state index in [9.17, 15) is 4.79 Å². The van der Waals surface area contributed by atoms with Crippen LogP contribution in [0.15, 0.2) is 30.3 Å². The summed E-state index contributed by atoms with van der Waals surface area (Å²) in [5.41, 5.74) is 1.82. The first kappa shape index (κ1) is 11.9. The highest BCUT2D eigenvalue weighted by Gasteiger charge is 2.03. The molecular formula is C12H14O2S. The Balaban J connectivity index is 2.81. The Kier molecular flexibility index (Phi) is 4.98. The van der Waals surface area contributed by atoms with E-state index in [2.05, 4.69) is 12.6 Å². The van der Waals surface area contributed by atoms with Crippen molar-refractivity contribution in [3.05, 3.63) is 41.5 Å². The lowest BCUT2D eigenvalue weighted by Crippen LogP contribution is -2.01. The van der Waals surface area contributed by atoms with Gasteiger partial charge in [-0.05, 0) is 23.3 Å². The van der Waals surface area contributed by atoms with Crippen molar-refractivity contribution in [1.29, 1.82) is 0 Å². The van der Waals surface area contributed by atoms with Crippen molar-refractivity contribution in [3.63, 3.8) is 0 Å². The standard InChI is InChI=1S/C12H14O2S/c13-12(14)9-11-7-2-1-5-10(11)6-3-4-8-15/h1-3,5-7,15H,4,8-9H2,(H,13,14). The molecule has 0 saturated heterocycles. The average molecular weight is 222 g/mol. The molecule has 0 bridgehead atoms. The molecule has 2 nitrogen and oxygen atoms in total. The second-order valence-electron chi connectivity index (χ2n) is 3.18. The summed E-state index contributed by atoms with van der Waals surface area (Å²) in [5, 5.41) is 8.73. The summed E-state index contributed by atoms with van der Waals surface area (Å²) in [6.07, 6.45) is 4.92. The van der Waals surface area contributed by atoms with Gasteiger partial charge >= 0.3 is 5.97 Å². The van der Waals surface area contributed by atoms with Gasteiger partial charge in [-0.1, -0.05) is 36.4 Å². The molecule has 0 heterocycles. The van der Waals surface area contributed by atoms with Gasteiger partial charge in [-0.3, -0.25) is 4.79 Å². The lowest BCUT2D eigenvalue weighted by molar-refractivity contribution is -0.136. The van der Waals surface area contributed by atoms with Gasteiger partial charge in [0, 0.05) is 0 Å². The van der Waals surface area contributed by atoms with E-state index in [-0.39, 0.29) is 6.42 Å². The number of benzene rings is 1. The third-order valence-corrected chi connectivity index (χ3v) is 2.25. The summed E-state index contributed by atoms with van der Waals surface area (Å²) < 4.78 is 0. The highest BCUT2D eigenvalue weighted by Crippen LogP contribution is 2.12. The third-order valence-electron chi connectivity index (χ3n) is 1.99. The molecule has 0 aliphatic heterocycles. The normalized spacial score (nSPS) is 10.7. The minimum absolute atomic E-state index is 0.0708. The molecular weight excluding hydrogens is 208 g/mol. The topological polar surface area (TPSA) is 37.3 Å². The molecule has 3 heteroatoms. The minimum atomic E-state index is -0.801. The van der Waals surface area contributed by atoms with Crippen LogP contribution in [0.5, 0.6) is 0 Å². The van der Waals surface area contributed by atoms with Gasteiger partial charge in [-0.15, -0.1) is 0 Å². The van der Waals surface area contributed by atoms with Crippen molar-refractivity contribution >= 4 is 24.7 Å². The van der Waals surface area contributed by atoms with E-state index < -0.39 is 5.97 Å². The van der Waals surface area contributed by atoms with Crippen molar-refractivity contribution in [2.24, 2.45) is 0 Å². The Morgan fingerprint density at radius 1 is 1.40 bits per heavy atom. The molecule has 1 N–H and O–H groups in total. The molecule has 1 aromatic carbocycles. The Bertz CT molecular complexity index is 358. The Morgan fingerprint density at radius 3 is 2.80 bits per heavy atom. The third kappa shape index (κ3) is 4.21. The van der Waals surface area contributed by atoms with Gasteiger partial charge < -0.3 is 5.11 Å². The molecule has 0 fully saturated rings. The van der Waals surface area contributed by atoms with Crippen LogP contribution in [0.2, 0.25) is 0 Å². The summed E-state index contributed by atoms with van der Waals surface area (Å²) in [4.78, 5) is 10.6. The van der Waals surface area contributed by atoms with Gasteiger partial charge in [0.25, 0.3) is 0 Å². The van der Waals surface area contributed by atoms with Gasteiger partial charge in [0.15, 0.2) is 0 Å². The number of hydrogen-bond acceptors (Lipinski definition) is 2. The molecule has 0 aliphatic carbocycles. The number of rotatable bonds is 5. The predicted molar refractivity (Wildman–Crippen MR) is 65.3 cm³/mol. The number of carboxylic acid groups (broad SMARTS) is 1. The van der Waals surface area contributed by atoms with E-state index in [1.807, 2.05) is 36.4 Å². The average Bonchev–Trinajstić information content (AvgIpc) is 2.20. The fourth-order valence-electron chi connectivity index (χ4n) is 1.31. The van der Waals surface area contributed by atoms with E-state index >= 15 is 0 Å². The van der Waals surface area contributed by atoms with Crippen molar-refractivity contribution in [3.8, 4) is 0 Å². The first-order valence-corrected chi connectivity index (χ1v) is 5.44.